The summed E-state index contributed by atoms with van der Waals surface area (Å²) in [6.07, 6.45) is 5.30. The standard InChI is InChI=1S/C17H21ClN4O2/c18-14-4-5-15-13(10-14)11-20-22(15)9-6-16(23)19-12-17(24)21-7-2-1-3-8-21/h4-5,10-11H,1-3,6-9,12H2,(H,19,23). The fourth-order valence-corrected chi connectivity index (χ4v) is 3.14. The fraction of sp³-hybridized carbons (Fsp3) is 0.471. The van der Waals surface area contributed by atoms with Gasteiger partial charge in [0, 0.05) is 29.9 Å². The van der Waals surface area contributed by atoms with Crippen molar-refractivity contribution in [3.05, 3.63) is 29.4 Å². The van der Waals surface area contributed by atoms with Crippen LogP contribution in [0.1, 0.15) is 25.7 Å². The van der Waals surface area contributed by atoms with Gasteiger partial charge in [0.05, 0.1) is 24.8 Å². The number of carbonyl (C=O) groups is 2. The molecule has 2 amide bonds. The molecule has 1 aromatic heterocycles. The summed E-state index contributed by atoms with van der Waals surface area (Å²) in [5.41, 5.74) is 0.941. The molecule has 6 nitrogen and oxygen atoms in total. The van der Waals surface area contributed by atoms with Crippen LogP contribution in [0.4, 0.5) is 0 Å². The number of nitrogens with zero attached hydrogens (tertiary/aromatic N) is 3. The third kappa shape index (κ3) is 4.06. The second-order valence-corrected chi connectivity index (χ2v) is 6.48. The number of rotatable bonds is 5. The monoisotopic (exact) mass is 348 g/mol. The number of benzene rings is 1. The molecule has 2 heterocycles. The number of likely N-dealkylation sites (tertiary alicyclic amines) is 1. The highest BCUT2D eigenvalue weighted by molar-refractivity contribution is 6.31. The highest BCUT2D eigenvalue weighted by Crippen LogP contribution is 2.19. The quantitative estimate of drug-likeness (QED) is 0.900. The number of aromatic nitrogens is 2. The maximum atomic E-state index is 12.0. The Labute approximate surface area is 145 Å². The van der Waals surface area contributed by atoms with Crippen LogP contribution in [0.5, 0.6) is 0 Å². The van der Waals surface area contributed by atoms with Crippen molar-refractivity contribution < 1.29 is 9.59 Å². The van der Waals surface area contributed by atoms with Crippen molar-refractivity contribution in [2.75, 3.05) is 19.6 Å². The van der Waals surface area contributed by atoms with E-state index < -0.39 is 0 Å². The summed E-state index contributed by atoms with van der Waals surface area (Å²) in [6.45, 7) is 2.15. The minimum Gasteiger partial charge on any atom is -0.347 e. The Kier molecular flexibility index (Phi) is 5.35. The lowest BCUT2D eigenvalue weighted by atomic mass is 10.1. The van der Waals surface area contributed by atoms with Gasteiger partial charge in [-0.1, -0.05) is 11.6 Å². The van der Waals surface area contributed by atoms with E-state index in [4.69, 9.17) is 11.6 Å². The Morgan fingerprint density at radius 2 is 2.00 bits per heavy atom. The normalized spacial score (nSPS) is 14.8. The lowest BCUT2D eigenvalue weighted by molar-refractivity contribution is -0.133. The minimum atomic E-state index is -0.141. The van der Waals surface area contributed by atoms with Crippen LogP contribution in [0, 0.1) is 0 Å². The molecule has 7 heteroatoms. The third-order valence-corrected chi connectivity index (χ3v) is 4.54. The maximum Gasteiger partial charge on any atom is 0.241 e. The van der Waals surface area contributed by atoms with Crippen LogP contribution in [-0.2, 0) is 16.1 Å². The first kappa shape index (κ1) is 16.8. The van der Waals surface area contributed by atoms with Crippen molar-refractivity contribution in [3.8, 4) is 0 Å². The zero-order chi connectivity index (χ0) is 16.9. The molecular formula is C17H21ClN4O2. The average molecular weight is 349 g/mol. The Bertz CT molecular complexity index is 737. The molecule has 0 spiro atoms. The van der Waals surface area contributed by atoms with Gasteiger partial charge in [-0.2, -0.15) is 5.10 Å². The molecule has 1 aliphatic rings. The van der Waals surface area contributed by atoms with Gasteiger partial charge in [-0.3, -0.25) is 14.3 Å². The predicted octanol–water partition coefficient (Wildman–Crippen LogP) is 2.21. The third-order valence-electron chi connectivity index (χ3n) is 4.30. The highest BCUT2D eigenvalue weighted by atomic mass is 35.5. The van der Waals surface area contributed by atoms with Gasteiger partial charge in [0.25, 0.3) is 0 Å². The van der Waals surface area contributed by atoms with Gasteiger partial charge < -0.3 is 10.2 Å². The number of hydrogen-bond acceptors (Lipinski definition) is 3. The van der Waals surface area contributed by atoms with Crippen molar-refractivity contribution in [2.45, 2.75) is 32.2 Å². The van der Waals surface area contributed by atoms with E-state index >= 15 is 0 Å². The summed E-state index contributed by atoms with van der Waals surface area (Å²) >= 11 is 5.95. The van der Waals surface area contributed by atoms with E-state index in [-0.39, 0.29) is 24.8 Å². The highest BCUT2D eigenvalue weighted by Gasteiger charge is 2.16. The fourth-order valence-electron chi connectivity index (χ4n) is 2.96. The van der Waals surface area contributed by atoms with Crippen molar-refractivity contribution >= 4 is 34.3 Å². The van der Waals surface area contributed by atoms with E-state index in [1.54, 1.807) is 16.9 Å². The summed E-state index contributed by atoms with van der Waals surface area (Å²) in [5.74, 6) is -0.139. The molecule has 0 saturated carbocycles. The topological polar surface area (TPSA) is 67.2 Å². The molecule has 0 unspecified atom stereocenters. The Hall–Kier alpha value is -2.08. The predicted molar refractivity (Wildman–Crippen MR) is 92.8 cm³/mol. The zero-order valence-corrected chi connectivity index (χ0v) is 14.3. The van der Waals surface area contributed by atoms with E-state index in [1.165, 1.54) is 6.42 Å². The second kappa shape index (κ2) is 7.66. The number of carbonyl (C=O) groups excluding carboxylic acids is 2. The SMILES string of the molecule is O=C(CCn1ncc2cc(Cl)ccc21)NCC(=O)N1CCCCC1. The first-order chi connectivity index (χ1) is 11.6. The molecule has 0 radical (unpaired) electrons. The molecule has 3 rings (SSSR count). The van der Waals surface area contributed by atoms with Crippen LogP contribution < -0.4 is 5.32 Å². The minimum absolute atomic E-state index is 0.00207. The summed E-state index contributed by atoms with van der Waals surface area (Å²) in [4.78, 5) is 25.8. The number of hydrogen-bond donors (Lipinski definition) is 1. The molecular weight excluding hydrogens is 328 g/mol. The molecule has 0 aliphatic carbocycles. The molecule has 1 fully saturated rings. The first-order valence-electron chi connectivity index (χ1n) is 8.29. The van der Waals surface area contributed by atoms with Crippen molar-refractivity contribution in [1.29, 1.82) is 0 Å². The van der Waals surface area contributed by atoms with Crippen LogP contribution in [0.2, 0.25) is 5.02 Å². The van der Waals surface area contributed by atoms with Gasteiger partial charge in [-0.25, -0.2) is 0 Å². The molecule has 0 atom stereocenters. The Morgan fingerprint density at radius 1 is 1.21 bits per heavy atom. The summed E-state index contributed by atoms with van der Waals surface area (Å²) in [6, 6.07) is 5.54. The van der Waals surface area contributed by atoms with E-state index in [9.17, 15) is 9.59 Å². The molecule has 2 aromatic rings. The van der Waals surface area contributed by atoms with Gasteiger partial charge >= 0.3 is 0 Å². The lowest BCUT2D eigenvalue weighted by Gasteiger charge is -2.26. The van der Waals surface area contributed by atoms with Crippen molar-refractivity contribution in [2.24, 2.45) is 0 Å². The number of piperidine rings is 1. The number of nitrogens with one attached hydrogen (secondary N) is 1. The van der Waals surface area contributed by atoms with Gasteiger partial charge in [-0.15, -0.1) is 0 Å². The summed E-state index contributed by atoms with van der Waals surface area (Å²) in [7, 11) is 0. The number of aryl methyl sites for hydroxylation is 1. The molecule has 0 bridgehead atoms. The molecule has 1 aromatic carbocycles. The van der Waals surface area contributed by atoms with Crippen LogP contribution in [0.15, 0.2) is 24.4 Å². The van der Waals surface area contributed by atoms with E-state index in [2.05, 4.69) is 10.4 Å². The average Bonchev–Trinajstić information content (AvgIpc) is 3.00. The molecule has 1 aliphatic heterocycles. The number of amides is 2. The largest absolute Gasteiger partial charge is 0.347 e. The Morgan fingerprint density at radius 3 is 2.79 bits per heavy atom. The van der Waals surface area contributed by atoms with Gasteiger partial charge in [-0.05, 0) is 37.5 Å². The maximum absolute atomic E-state index is 12.0. The van der Waals surface area contributed by atoms with Gasteiger partial charge in [0.1, 0.15) is 0 Å². The van der Waals surface area contributed by atoms with E-state index in [1.807, 2.05) is 17.0 Å². The zero-order valence-electron chi connectivity index (χ0n) is 13.5. The smallest absolute Gasteiger partial charge is 0.241 e. The lowest BCUT2D eigenvalue weighted by Crippen LogP contribution is -2.42. The van der Waals surface area contributed by atoms with Gasteiger partial charge in [0.2, 0.25) is 11.8 Å². The van der Waals surface area contributed by atoms with Gasteiger partial charge in [0.15, 0.2) is 0 Å². The van der Waals surface area contributed by atoms with E-state index in [0.717, 1.165) is 36.8 Å². The number of halogens is 1. The molecule has 1 N–H and O–H groups in total. The molecule has 24 heavy (non-hydrogen) atoms. The molecule has 1 saturated heterocycles. The van der Waals surface area contributed by atoms with Crippen LogP contribution >= 0.6 is 11.6 Å². The van der Waals surface area contributed by atoms with Crippen molar-refractivity contribution in [3.63, 3.8) is 0 Å². The van der Waals surface area contributed by atoms with Crippen LogP contribution in [0.3, 0.4) is 0 Å². The Balaban J connectivity index is 1.47. The second-order valence-electron chi connectivity index (χ2n) is 6.04. The first-order valence-corrected chi connectivity index (χ1v) is 8.67. The van der Waals surface area contributed by atoms with E-state index in [0.29, 0.717) is 11.6 Å². The summed E-state index contributed by atoms with van der Waals surface area (Å²) in [5, 5.41) is 8.60. The van der Waals surface area contributed by atoms with Crippen molar-refractivity contribution in [1.82, 2.24) is 20.0 Å². The van der Waals surface area contributed by atoms with Crippen LogP contribution in [-0.4, -0.2) is 46.1 Å². The molecule has 128 valence electrons. The van der Waals surface area contributed by atoms with Crippen LogP contribution in [0.25, 0.3) is 10.9 Å². The number of fused-ring (bicyclic) bond motifs is 1. The summed E-state index contributed by atoms with van der Waals surface area (Å²) < 4.78 is 1.78.